The van der Waals surface area contributed by atoms with Crippen molar-refractivity contribution < 1.29 is 8.42 Å². The molecular formula is C11H17ClN2O2S. The Hall–Kier alpha value is -0.620. The Balaban J connectivity index is 0.00000144. The second-order valence-corrected chi connectivity index (χ2v) is 6.02. The van der Waals surface area contributed by atoms with E-state index >= 15 is 0 Å². The van der Waals surface area contributed by atoms with E-state index in [9.17, 15) is 8.42 Å². The second kappa shape index (κ2) is 5.82. The molecule has 1 heterocycles. The SMILES string of the molecule is Cl.N[C@@H]1CCCN(S(=O)(=O)c2ccccc2)C1. The number of hydrogen-bond acceptors (Lipinski definition) is 3. The van der Waals surface area contributed by atoms with Crippen molar-refractivity contribution in [2.45, 2.75) is 23.8 Å². The first-order chi connectivity index (χ1) is 7.60. The summed E-state index contributed by atoms with van der Waals surface area (Å²) < 4.78 is 25.9. The van der Waals surface area contributed by atoms with Gasteiger partial charge in [-0.2, -0.15) is 4.31 Å². The summed E-state index contributed by atoms with van der Waals surface area (Å²) in [6, 6.07) is 8.48. The number of rotatable bonds is 2. The van der Waals surface area contributed by atoms with Gasteiger partial charge in [0.2, 0.25) is 10.0 Å². The molecule has 1 aromatic carbocycles. The zero-order valence-corrected chi connectivity index (χ0v) is 11.1. The quantitative estimate of drug-likeness (QED) is 0.883. The lowest BCUT2D eigenvalue weighted by molar-refractivity contribution is 0.316. The van der Waals surface area contributed by atoms with Crippen molar-refractivity contribution in [1.29, 1.82) is 0 Å². The first-order valence-corrected chi connectivity index (χ1v) is 6.85. The maximum atomic E-state index is 12.2. The molecule has 1 atom stereocenters. The number of halogens is 1. The van der Waals surface area contributed by atoms with Crippen LogP contribution in [0.15, 0.2) is 35.2 Å². The molecule has 0 radical (unpaired) electrons. The summed E-state index contributed by atoms with van der Waals surface area (Å²) in [7, 11) is -3.34. The Labute approximate surface area is 108 Å². The van der Waals surface area contributed by atoms with E-state index in [1.165, 1.54) is 4.31 Å². The Bertz CT molecular complexity index is 450. The van der Waals surface area contributed by atoms with Gasteiger partial charge in [-0.1, -0.05) is 18.2 Å². The molecular weight excluding hydrogens is 260 g/mol. The van der Waals surface area contributed by atoms with Gasteiger partial charge in [-0.05, 0) is 25.0 Å². The third-order valence-electron chi connectivity index (χ3n) is 2.80. The number of hydrogen-bond donors (Lipinski definition) is 1. The highest BCUT2D eigenvalue weighted by Gasteiger charge is 2.28. The van der Waals surface area contributed by atoms with Crippen molar-refractivity contribution in [2.75, 3.05) is 13.1 Å². The van der Waals surface area contributed by atoms with Crippen LogP contribution in [0.2, 0.25) is 0 Å². The fourth-order valence-corrected chi connectivity index (χ4v) is 3.49. The van der Waals surface area contributed by atoms with Crippen LogP contribution in [0.25, 0.3) is 0 Å². The van der Waals surface area contributed by atoms with Crippen molar-refractivity contribution in [1.82, 2.24) is 4.31 Å². The van der Waals surface area contributed by atoms with E-state index in [4.69, 9.17) is 5.73 Å². The van der Waals surface area contributed by atoms with Gasteiger partial charge in [-0.15, -0.1) is 12.4 Å². The van der Waals surface area contributed by atoms with Crippen LogP contribution in [0.5, 0.6) is 0 Å². The van der Waals surface area contributed by atoms with Crippen LogP contribution in [0.1, 0.15) is 12.8 Å². The van der Waals surface area contributed by atoms with Crippen molar-refractivity contribution >= 4 is 22.4 Å². The van der Waals surface area contributed by atoms with Gasteiger partial charge in [0.1, 0.15) is 0 Å². The van der Waals surface area contributed by atoms with Gasteiger partial charge in [0, 0.05) is 19.1 Å². The van der Waals surface area contributed by atoms with Crippen molar-refractivity contribution in [3.05, 3.63) is 30.3 Å². The molecule has 2 N–H and O–H groups in total. The molecule has 0 bridgehead atoms. The lowest BCUT2D eigenvalue weighted by atomic mass is 10.1. The minimum atomic E-state index is -3.34. The molecule has 0 aliphatic carbocycles. The minimum absolute atomic E-state index is 0. The maximum Gasteiger partial charge on any atom is 0.243 e. The highest BCUT2D eigenvalue weighted by molar-refractivity contribution is 7.89. The summed E-state index contributed by atoms with van der Waals surface area (Å²) >= 11 is 0. The molecule has 1 aliphatic heterocycles. The normalized spacial score (nSPS) is 21.8. The largest absolute Gasteiger partial charge is 0.327 e. The highest BCUT2D eigenvalue weighted by atomic mass is 35.5. The van der Waals surface area contributed by atoms with Crippen LogP contribution >= 0.6 is 12.4 Å². The molecule has 0 spiro atoms. The van der Waals surface area contributed by atoms with Gasteiger partial charge < -0.3 is 5.73 Å². The monoisotopic (exact) mass is 276 g/mol. The molecule has 0 amide bonds. The van der Waals surface area contributed by atoms with Crippen LogP contribution in [0, 0.1) is 0 Å². The van der Waals surface area contributed by atoms with Gasteiger partial charge in [-0.3, -0.25) is 0 Å². The van der Waals surface area contributed by atoms with E-state index < -0.39 is 10.0 Å². The van der Waals surface area contributed by atoms with Gasteiger partial charge in [-0.25, -0.2) is 8.42 Å². The molecule has 0 aromatic heterocycles. The highest BCUT2D eigenvalue weighted by Crippen LogP contribution is 2.19. The predicted octanol–water partition coefficient (Wildman–Crippen LogP) is 1.22. The number of benzene rings is 1. The first-order valence-electron chi connectivity index (χ1n) is 5.41. The molecule has 0 saturated carbocycles. The lowest BCUT2D eigenvalue weighted by Crippen LogP contribution is -2.45. The van der Waals surface area contributed by atoms with E-state index in [1.54, 1.807) is 30.3 Å². The topological polar surface area (TPSA) is 63.4 Å². The molecule has 0 unspecified atom stereocenters. The standard InChI is InChI=1S/C11H16N2O2S.ClH/c12-10-5-4-8-13(9-10)16(14,15)11-6-2-1-3-7-11;/h1-3,6-7,10H,4-5,8-9,12H2;1H/t10-;/m1./s1. The first kappa shape index (κ1) is 14.4. The lowest BCUT2D eigenvalue weighted by Gasteiger charge is -2.29. The van der Waals surface area contributed by atoms with E-state index in [-0.39, 0.29) is 18.4 Å². The van der Waals surface area contributed by atoms with Crippen molar-refractivity contribution in [3.8, 4) is 0 Å². The number of sulfonamides is 1. The zero-order valence-electron chi connectivity index (χ0n) is 9.45. The van der Waals surface area contributed by atoms with Gasteiger partial charge in [0.05, 0.1) is 4.90 Å². The van der Waals surface area contributed by atoms with E-state index in [0.717, 1.165) is 12.8 Å². The molecule has 17 heavy (non-hydrogen) atoms. The van der Waals surface area contributed by atoms with Gasteiger partial charge in [0.15, 0.2) is 0 Å². The van der Waals surface area contributed by atoms with Crippen LogP contribution in [-0.2, 0) is 10.0 Å². The Morgan fingerprint density at radius 1 is 1.24 bits per heavy atom. The van der Waals surface area contributed by atoms with Crippen LogP contribution in [-0.4, -0.2) is 31.9 Å². The van der Waals surface area contributed by atoms with E-state index in [0.29, 0.717) is 18.0 Å². The summed E-state index contributed by atoms with van der Waals surface area (Å²) in [6.45, 7) is 1.00. The Morgan fingerprint density at radius 3 is 2.47 bits per heavy atom. The average Bonchev–Trinajstić information content (AvgIpc) is 2.30. The maximum absolute atomic E-state index is 12.2. The van der Waals surface area contributed by atoms with Crippen LogP contribution in [0.3, 0.4) is 0 Å². The third-order valence-corrected chi connectivity index (χ3v) is 4.68. The summed E-state index contributed by atoms with van der Waals surface area (Å²) in [5.74, 6) is 0. The van der Waals surface area contributed by atoms with Gasteiger partial charge >= 0.3 is 0 Å². The van der Waals surface area contributed by atoms with Gasteiger partial charge in [0.25, 0.3) is 0 Å². The van der Waals surface area contributed by atoms with Crippen LogP contribution in [0.4, 0.5) is 0 Å². The van der Waals surface area contributed by atoms with Crippen molar-refractivity contribution in [2.24, 2.45) is 5.73 Å². The Morgan fingerprint density at radius 2 is 1.88 bits per heavy atom. The smallest absolute Gasteiger partial charge is 0.243 e. The molecule has 1 fully saturated rings. The summed E-state index contributed by atoms with van der Waals surface area (Å²) in [5, 5.41) is 0. The average molecular weight is 277 g/mol. The molecule has 1 aromatic rings. The van der Waals surface area contributed by atoms with Crippen molar-refractivity contribution in [3.63, 3.8) is 0 Å². The summed E-state index contributed by atoms with van der Waals surface area (Å²) in [4.78, 5) is 0.351. The predicted molar refractivity (Wildman–Crippen MR) is 69.7 cm³/mol. The fourth-order valence-electron chi connectivity index (χ4n) is 1.93. The van der Waals surface area contributed by atoms with E-state index in [2.05, 4.69) is 0 Å². The molecule has 6 heteroatoms. The molecule has 4 nitrogen and oxygen atoms in total. The molecule has 2 rings (SSSR count). The molecule has 1 aliphatic rings. The fraction of sp³-hybridized carbons (Fsp3) is 0.455. The molecule has 96 valence electrons. The van der Waals surface area contributed by atoms with E-state index in [1.807, 2.05) is 0 Å². The molecule has 1 saturated heterocycles. The second-order valence-electron chi connectivity index (χ2n) is 4.08. The summed E-state index contributed by atoms with van der Waals surface area (Å²) in [5.41, 5.74) is 5.79. The zero-order chi connectivity index (χ0) is 11.6. The number of nitrogens with zero attached hydrogens (tertiary/aromatic N) is 1. The number of piperidine rings is 1. The Kier molecular flexibility index (Phi) is 4.94. The minimum Gasteiger partial charge on any atom is -0.327 e. The third kappa shape index (κ3) is 3.19. The van der Waals surface area contributed by atoms with Crippen LogP contribution < -0.4 is 5.73 Å². The summed E-state index contributed by atoms with van der Waals surface area (Å²) in [6.07, 6.45) is 1.74. The number of nitrogens with two attached hydrogens (primary N) is 1.